The molecule has 0 aliphatic heterocycles. The van der Waals surface area contributed by atoms with Crippen LogP contribution in [0.1, 0.15) is 12.0 Å². The third-order valence-corrected chi connectivity index (χ3v) is 3.81. The molecule has 5 heteroatoms. The highest BCUT2D eigenvalue weighted by atomic mass is 16.4. The van der Waals surface area contributed by atoms with E-state index in [2.05, 4.69) is 10.6 Å². The van der Waals surface area contributed by atoms with Gasteiger partial charge in [-0.2, -0.15) is 0 Å². The summed E-state index contributed by atoms with van der Waals surface area (Å²) < 4.78 is 5.29. The average Bonchev–Trinajstić information content (AvgIpc) is 2.61. The molecular weight excluding hydrogens is 304 g/mol. The third-order valence-electron chi connectivity index (χ3n) is 3.81. The highest BCUT2D eigenvalue weighted by Gasteiger charge is 2.15. The van der Waals surface area contributed by atoms with Crippen molar-refractivity contribution in [1.29, 1.82) is 0 Å². The first-order valence-corrected chi connectivity index (χ1v) is 7.76. The molecule has 0 aliphatic carbocycles. The van der Waals surface area contributed by atoms with Crippen LogP contribution in [0, 0.1) is 0 Å². The number of benzene rings is 2. The van der Waals surface area contributed by atoms with E-state index in [4.69, 9.17) is 4.42 Å². The van der Waals surface area contributed by atoms with Crippen LogP contribution < -0.4 is 16.3 Å². The Hall–Kier alpha value is -3.08. The summed E-state index contributed by atoms with van der Waals surface area (Å²) in [6.45, 7) is 0. The lowest BCUT2D eigenvalue weighted by Crippen LogP contribution is -2.20. The number of amides is 1. The smallest absolute Gasteiger partial charge is 0.362 e. The number of nitrogens with one attached hydrogen (secondary N) is 2. The van der Waals surface area contributed by atoms with E-state index in [1.54, 1.807) is 19.2 Å². The summed E-state index contributed by atoms with van der Waals surface area (Å²) >= 11 is 0. The average molecular weight is 322 g/mol. The Morgan fingerprint density at radius 3 is 2.46 bits per heavy atom. The molecule has 0 spiro atoms. The minimum Gasteiger partial charge on any atom is -0.421 e. The fourth-order valence-corrected chi connectivity index (χ4v) is 2.63. The SMILES string of the molecule is CNc1c(NC(=O)CCc2ccccc2)c(=O)oc2ccccc12. The zero-order valence-corrected chi connectivity index (χ0v) is 13.3. The van der Waals surface area contributed by atoms with Crippen molar-refractivity contribution in [3.05, 3.63) is 70.6 Å². The summed E-state index contributed by atoms with van der Waals surface area (Å²) in [5, 5.41) is 6.42. The van der Waals surface area contributed by atoms with Gasteiger partial charge in [0.25, 0.3) is 0 Å². The van der Waals surface area contributed by atoms with E-state index in [1.165, 1.54) is 0 Å². The monoisotopic (exact) mass is 322 g/mol. The molecule has 3 rings (SSSR count). The van der Waals surface area contributed by atoms with Crippen molar-refractivity contribution in [1.82, 2.24) is 0 Å². The predicted octanol–water partition coefficient (Wildman–Crippen LogP) is 3.41. The third kappa shape index (κ3) is 3.30. The van der Waals surface area contributed by atoms with Gasteiger partial charge in [-0.05, 0) is 24.1 Å². The minimum absolute atomic E-state index is 0.147. The summed E-state index contributed by atoms with van der Waals surface area (Å²) in [6, 6.07) is 16.9. The number of rotatable bonds is 5. The number of carbonyl (C=O) groups is 1. The second-order valence-corrected chi connectivity index (χ2v) is 5.42. The predicted molar refractivity (Wildman–Crippen MR) is 95.4 cm³/mol. The maximum Gasteiger partial charge on any atom is 0.362 e. The Bertz CT molecular complexity index is 917. The zero-order chi connectivity index (χ0) is 16.9. The van der Waals surface area contributed by atoms with Gasteiger partial charge in [0.2, 0.25) is 5.91 Å². The molecule has 0 atom stereocenters. The van der Waals surface area contributed by atoms with Crippen molar-refractivity contribution < 1.29 is 9.21 Å². The normalized spacial score (nSPS) is 10.5. The Balaban J connectivity index is 1.83. The van der Waals surface area contributed by atoms with Crippen LogP contribution in [-0.2, 0) is 11.2 Å². The van der Waals surface area contributed by atoms with Crippen molar-refractivity contribution in [2.75, 3.05) is 17.7 Å². The molecule has 24 heavy (non-hydrogen) atoms. The summed E-state index contributed by atoms with van der Waals surface area (Å²) in [5.41, 5.74) is 1.71. The number of aryl methyl sites for hydroxylation is 1. The largest absolute Gasteiger partial charge is 0.421 e. The van der Waals surface area contributed by atoms with Gasteiger partial charge in [-0.3, -0.25) is 4.79 Å². The molecule has 2 N–H and O–H groups in total. The highest BCUT2D eigenvalue weighted by Crippen LogP contribution is 2.28. The Kier molecular flexibility index (Phi) is 4.61. The highest BCUT2D eigenvalue weighted by molar-refractivity contribution is 6.02. The Morgan fingerprint density at radius 2 is 1.71 bits per heavy atom. The molecule has 0 fully saturated rings. The van der Waals surface area contributed by atoms with Crippen LogP contribution in [0.4, 0.5) is 11.4 Å². The van der Waals surface area contributed by atoms with Crippen LogP contribution in [-0.4, -0.2) is 13.0 Å². The molecular formula is C19H18N2O3. The molecule has 1 heterocycles. The Morgan fingerprint density at radius 1 is 1.00 bits per heavy atom. The fraction of sp³-hybridized carbons (Fsp3) is 0.158. The second-order valence-electron chi connectivity index (χ2n) is 5.42. The van der Waals surface area contributed by atoms with Crippen LogP contribution in [0.5, 0.6) is 0 Å². The van der Waals surface area contributed by atoms with Crippen LogP contribution in [0.25, 0.3) is 11.0 Å². The van der Waals surface area contributed by atoms with Crippen molar-refractivity contribution in [2.45, 2.75) is 12.8 Å². The van der Waals surface area contributed by atoms with Gasteiger partial charge in [0, 0.05) is 18.9 Å². The van der Waals surface area contributed by atoms with Gasteiger partial charge in [0.1, 0.15) is 5.58 Å². The van der Waals surface area contributed by atoms with E-state index in [0.29, 0.717) is 24.1 Å². The first-order chi connectivity index (χ1) is 11.7. The van der Waals surface area contributed by atoms with Crippen LogP contribution in [0.2, 0.25) is 0 Å². The number of hydrogen-bond acceptors (Lipinski definition) is 4. The molecule has 1 amide bonds. The lowest BCUT2D eigenvalue weighted by molar-refractivity contribution is -0.116. The van der Waals surface area contributed by atoms with Crippen molar-refractivity contribution in [3.63, 3.8) is 0 Å². The molecule has 0 unspecified atom stereocenters. The summed E-state index contributed by atoms with van der Waals surface area (Å²) in [5.74, 6) is -0.224. The molecule has 1 aromatic heterocycles. The van der Waals surface area contributed by atoms with Crippen molar-refractivity contribution in [2.24, 2.45) is 0 Å². The molecule has 0 bridgehead atoms. The van der Waals surface area contributed by atoms with Gasteiger partial charge in [-0.25, -0.2) is 4.79 Å². The fourth-order valence-electron chi connectivity index (χ4n) is 2.63. The van der Waals surface area contributed by atoms with Crippen LogP contribution >= 0.6 is 0 Å². The molecule has 0 saturated heterocycles. The van der Waals surface area contributed by atoms with E-state index in [0.717, 1.165) is 10.9 Å². The number of hydrogen-bond donors (Lipinski definition) is 2. The molecule has 0 saturated carbocycles. The second kappa shape index (κ2) is 7.00. The van der Waals surface area contributed by atoms with E-state index in [-0.39, 0.29) is 11.6 Å². The van der Waals surface area contributed by atoms with E-state index < -0.39 is 5.63 Å². The lowest BCUT2D eigenvalue weighted by Gasteiger charge is -2.12. The quantitative estimate of drug-likeness (QED) is 0.706. The number of anilines is 2. The molecule has 0 aliphatic rings. The van der Waals surface area contributed by atoms with Gasteiger partial charge in [-0.1, -0.05) is 42.5 Å². The van der Waals surface area contributed by atoms with Crippen LogP contribution in [0.3, 0.4) is 0 Å². The standard InChI is InChI=1S/C19H18N2O3/c1-20-17-14-9-5-6-10-15(14)24-19(23)18(17)21-16(22)12-11-13-7-3-2-4-8-13/h2-10,20H,11-12H2,1H3,(H,21,22). The van der Waals surface area contributed by atoms with E-state index in [1.807, 2.05) is 42.5 Å². The van der Waals surface area contributed by atoms with Gasteiger partial charge < -0.3 is 15.1 Å². The maximum atomic E-state index is 12.2. The van der Waals surface area contributed by atoms with E-state index >= 15 is 0 Å². The van der Waals surface area contributed by atoms with Gasteiger partial charge in [-0.15, -0.1) is 0 Å². The summed E-state index contributed by atoms with van der Waals surface area (Å²) in [7, 11) is 1.71. The zero-order valence-electron chi connectivity index (χ0n) is 13.3. The van der Waals surface area contributed by atoms with Gasteiger partial charge in [0.05, 0.1) is 5.69 Å². The molecule has 3 aromatic rings. The first kappa shape index (κ1) is 15.8. The lowest BCUT2D eigenvalue weighted by atomic mass is 10.1. The topological polar surface area (TPSA) is 71.3 Å². The summed E-state index contributed by atoms with van der Waals surface area (Å²) in [6.07, 6.45) is 0.903. The number of carbonyl (C=O) groups excluding carboxylic acids is 1. The molecule has 5 nitrogen and oxygen atoms in total. The Labute approximate surface area is 139 Å². The van der Waals surface area contributed by atoms with E-state index in [9.17, 15) is 9.59 Å². The molecule has 2 aromatic carbocycles. The first-order valence-electron chi connectivity index (χ1n) is 7.76. The maximum absolute atomic E-state index is 12.2. The molecule has 0 radical (unpaired) electrons. The minimum atomic E-state index is -0.564. The van der Waals surface area contributed by atoms with Crippen molar-refractivity contribution in [3.8, 4) is 0 Å². The van der Waals surface area contributed by atoms with Crippen molar-refractivity contribution >= 4 is 28.3 Å². The van der Waals surface area contributed by atoms with Gasteiger partial charge in [0.15, 0.2) is 5.69 Å². The van der Waals surface area contributed by atoms with Crippen LogP contribution in [0.15, 0.2) is 63.8 Å². The number of para-hydroxylation sites is 1. The van der Waals surface area contributed by atoms with Gasteiger partial charge >= 0.3 is 5.63 Å². The summed E-state index contributed by atoms with van der Waals surface area (Å²) in [4.78, 5) is 24.4. The molecule has 122 valence electrons. The number of fused-ring (bicyclic) bond motifs is 1.